The van der Waals surface area contributed by atoms with Crippen molar-refractivity contribution in [3.05, 3.63) is 57.0 Å². The predicted octanol–water partition coefficient (Wildman–Crippen LogP) is 4.79. The van der Waals surface area contributed by atoms with Crippen LogP contribution in [0.3, 0.4) is 0 Å². The Balaban J connectivity index is 2.29. The maximum Gasteiger partial charge on any atom is 0.105 e. The molecule has 3 N–H and O–H groups in total. The number of hydrogen-bond donors (Lipinski definition) is 2. The second-order valence-corrected chi connectivity index (χ2v) is 5.87. The van der Waals surface area contributed by atoms with E-state index in [0.717, 1.165) is 32.0 Å². The summed E-state index contributed by atoms with van der Waals surface area (Å²) in [6.07, 6.45) is 0. The first-order valence-electron chi connectivity index (χ1n) is 5.60. The second kappa shape index (κ2) is 5.90. The Morgan fingerprint density at radius 3 is 2.58 bits per heavy atom. The maximum absolute atomic E-state index is 5.94. The van der Waals surface area contributed by atoms with Crippen molar-refractivity contribution in [2.24, 2.45) is 5.73 Å². The number of nitrogens with two attached hydrogens (primary N) is 1. The molecule has 0 spiro atoms. The van der Waals surface area contributed by atoms with E-state index in [9.17, 15) is 0 Å². The standard InChI is InChI=1S/C14H12BrClN2S/c1-8-6-9(16)2-5-13(8)18-10-3-4-11(14(17)19)12(15)7-10/h2-7,18H,1H3,(H2,17,19). The number of thiocarbonyl (C=S) groups is 1. The SMILES string of the molecule is Cc1cc(Cl)ccc1Nc1ccc(C(N)=S)c(Br)c1. The molecule has 0 unspecified atom stereocenters. The molecule has 19 heavy (non-hydrogen) atoms. The van der Waals surface area contributed by atoms with Crippen molar-refractivity contribution in [2.45, 2.75) is 6.92 Å². The van der Waals surface area contributed by atoms with E-state index in [-0.39, 0.29) is 0 Å². The van der Waals surface area contributed by atoms with Gasteiger partial charge < -0.3 is 11.1 Å². The molecule has 2 aromatic carbocycles. The van der Waals surface area contributed by atoms with Gasteiger partial charge in [0.15, 0.2) is 0 Å². The Morgan fingerprint density at radius 1 is 1.26 bits per heavy atom. The van der Waals surface area contributed by atoms with Crippen molar-refractivity contribution in [1.82, 2.24) is 0 Å². The number of hydrogen-bond acceptors (Lipinski definition) is 2. The number of anilines is 2. The lowest BCUT2D eigenvalue weighted by Gasteiger charge is -2.11. The van der Waals surface area contributed by atoms with Gasteiger partial charge in [-0.3, -0.25) is 0 Å². The lowest BCUT2D eigenvalue weighted by molar-refractivity contribution is 1.42. The fraction of sp³-hybridized carbons (Fsp3) is 0.0714. The van der Waals surface area contributed by atoms with E-state index in [2.05, 4.69) is 21.2 Å². The molecule has 0 aromatic heterocycles. The molecule has 5 heteroatoms. The third-order valence-electron chi connectivity index (χ3n) is 2.70. The van der Waals surface area contributed by atoms with Gasteiger partial charge >= 0.3 is 0 Å². The van der Waals surface area contributed by atoms with Gasteiger partial charge in [-0.05, 0) is 64.8 Å². The fourth-order valence-electron chi connectivity index (χ4n) is 1.72. The van der Waals surface area contributed by atoms with Crippen molar-refractivity contribution in [3.8, 4) is 0 Å². The average molecular weight is 356 g/mol. The molecule has 0 amide bonds. The number of benzene rings is 2. The molecule has 0 bridgehead atoms. The van der Waals surface area contributed by atoms with Crippen LogP contribution < -0.4 is 11.1 Å². The van der Waals surface area contributed by atoms with Crippen LogP contribution in [0.5, 0.6) is 0 Å². The first kappa shape index (κ1) is 14.3. The summed E-state index contributed by atoms with van der Waals surface area (Å²) in [5.74, 6) is 0. The van der Waals surface area contributed by atoms with E-state index in [0.29, 0.717) is 4.99 Å². The number of aryl methyl sites for hydroxylation is 1. The van der Waals surface area contributed by atoms with E-state index in [4.69, 9.17) is 29.6 Å². The summed E-state index contributed by atoms with van der Waals surface area (Å²) in [7, 11) is 0. The first-order chi connectivity index (χ1) is 8.97. The van der Waals surface area contributed by atoms with Crippen molar-refractivity contribution < 1.29 is 0 Å². The molecule has 2 rings (SSSR count). The summed E-state index contributed by atoms with van der Waals surface area (Å²) in [6, 6.07) is 11.5. The molecule has 0 aliphatic rings. The number of halogens is 2. The van der Waals surface area contributed by atoms with Crippen LogP contribution >= 0.6 is 39.7 Å². The Morgan fingerprint density at radius 2 is 2.00 bits per heavy atom. The van der Waals surface area contributed by atoms with Gasteiger partial charge in [-0.25, -0.2) is 0 Å². The van der Waals surface area contributed by atoms with Gasteiger partial charge in [0.1, 0.15) is 4.99 Å². The minimum atomic E-state index is 0.376. The van der Waals surface area contributed by atoms with Crippen LogP contribution in [0.1, 0.15) is 11.1 Å². The zero-order valence-electron chi connectivity index (χ0n) is 10.2. The molecule has 2 nitrogen and oxygen atoms in total. The first-order valence-corrected chi connectivity index (χ1v) is 7.18. The lowest BCUT2D eigenvalue weighted by atomic mass is 10.1. The van der Waals surface area contributed by atoms with Crippen molar-refractivity contribution >= 4 is 56.1 Å². The third kappa shape index (κ3) is 3.47. The fourth-order valence-corrected chi connectivity index (χ4v) is 2.84. The van der Waals surface area contributed by atoms with Crippen LogP contribution in [0.25, 0.3) is 0 Å². The summed E-state index contributed by atoms with van der Waals surface area (Å²) in [4.78, 5) is 0.376. The molecule has 0 saturated carbocycles. The van der Waals surface area contributed by atoms with Crippen molar-refractivity contribution in [2.75, 3.05) is 5.32 Å². The van der Waals surface area contributed by atoms with Gasteiger partial charge in [0.2, 0.25) is 0 Å². The van der Waals surface area contributed by atoms with Crippen LogP contribution in [-0.2, 0) is 0 Å². The minimum Gasteiger partial charge on any atom is -0.389 e. The van der Waals surface area contributed by atoms with Gasteiger partial charge in [-0.1, -0.05) is 23.8 Å². The molecule has 0 aliphatic heterocycles. The summed E-state index contributed by atoms with van der Waals surface area (Å²) < 4.78 is 0.872. The van der Waals surface area contributed by atoms with Gasteiger partial charge in [-0.2, -0.15) is 0 Å². The van der Waals surface area contributed by atoms with Crippen LogP contribution in [0.15, 0.2) is 40.9 Å². The van der Waals surface area contributed by atoms with Crippen LogP contribution in [0.2, 0.25) is 5.02 Å². The summed E-state index contributed by atoms with van der Waals surface area (Å²) in [6.45, 7) is 2.01. The molecule has 0 fully saturated rings. The zero-order valence-corrected chi connectivity index (χ0v) is 13.4. The zero-order chi connectivity index (χ0) is 14.0. The minimum absolute atomic E-state index is 0.376. The number of rotatable bonds is 3. The molecule has 0 saturated heterocycles. The summed E-state index contributed by atoms with van der Waals surface area (Å²) in [5, 5.41) is 4.06. The highest BCUT2D eigenvalue weighted by Gasteiger charge is 2.05. The van der Waals surface area contributed by atoms with Gasteiger partial charge in [0.25, 0.3) is 0 Å². The van der Waals surface area contributed by atoms with E-state index in [1.54, 1.807) is 0 Å². The Bertz CT molecular complexity index is 643. The van der Waals surface area contributed by atoms with Crippen molar-refractivity contribution in [3.63, 3.8) is 0 Å². The molecule has 2 aromatic rings. The van der Waals surface area contributed by atoms with Crippen LogP contribution in [-0.4, -0.2) is 4.99 Å². The van der Waals surface area contributed by atoms with E-state index < -0.39 is 0 Å². The predicted molar refractivity (Wildman–Crippen MR) is 89.5 cm³/mol. The van der Waals surface area contributed by atoms with Gasteiger partial charge in [-0.15, -0.1) is 0 Å². The molecule has 0 radical (unpaired) electrons. The Labute approximate surface area is 131 Å². The largest absolute Gasteiger partial charge is 0.389 e. The number of nitrogens with one attached hydrogen (secondary N) is 1. The maximum atomic E-state index is 5.94. The third-order valence-corrected chi connectivity index (χ3v) is 3.81. The molecule has 0 heterocycles. The topological polar surface area (TPSA) is 38.0 Å². The highest BCUT2D eigenvalue weighted by molar-refractivity contribution is 9.10. The average Bonchev–Trinajstić information content (AvgIpc) is 2.32. The molecular weight excluding hydrogens is 344 g/mol. The monoisotopic (exact) mass is 354 g/mol. The van der Waals surface area contributed by atoms with Gasteiger partial charge in [0, 0.05) is 26.4 Å². The second-order valence-electron chi connectivity index (χ2n) is 4.14. The van der Waals surface area contributed by atoms with Crippen molar-refractivity contribution in [1.29, 1.82) is 0 Å². The quantitative estimate of drug-likeness (QED) is 0.778. The molecule has 0 atom stereocenters. The van der Waals surface area contributed by atoms with E-state index >= 15 is 0 Å². The van der Waals surface area contributed by atoms with Crippen LogP contribution in [0.4, 0.5) is 11.4 Å². The van der Waals surface area contributed by atoms with E-state index in [1.807, 2.05) is 43.3 Å². The Hall–Kier alpha value is -1.10. The molecular formula is C14H12BrClN2S. The highest BCUT2D eigenvalue weighted by atomic mass is 79.9. The highest BCUT2D eigenvalue weighted by Crippen LogP contribution is 2.27. The molecule has 0 aliphatic carbocycles. The smallest absolute Gasteiger partial charge is 0.105 e. The van der Waals surface area contributed by atoms with Crippen LogP contribution in [0, 0.1) is 6.92 Å². The Kier molecular flexibility index (Phi) is 4.45. The summed E-state index contributed by atoms with van der Waals surface area (Å²) in [5.41, 5.74) is 9.51. The summed E-state index contributed by atoms with van der Waals surface area (Å²) >= 11 is 14.4. The van der Waals surface area contributed by atoms with Gasteiger partial charge in [0.05, 0.1) is 0 Å². The molecule has 98 valence electrons. The van der Waals surface area contributed by atoms with E-state index in [1.165, 1.54) is 0 Å². The normalized spacial score (nSPS) is 10.3. The lowest BCUT2D eigenvalue weighted by Crippen LogP contribution is -2.10.